The van der Waals surface area contributed by atoms with Gasteiger partial charge in [-0.1, -0.05) is 0 Å². The van der Waals surface area contributed by atoms with Crippen LogP contribution in [0, 0.1) is 18.3 Å². The van der Waals surface area contributed by atoms with Gasteiger partial charge in [-0.15, -0.1) is 0 Å². The number of nitriles is 1. The van der Waals surface area contributed by atoms with Crippen molar-refractivity contribution in [1.29, 1.82) is 5.26 Å². The van der Waals surface area contributed by atoms with Gasteiger partial charge in [0.15, 0.2) is 0 Å². The van der Waals surface area contributed by atoms with E-state index in [1.165, 1.54) is 0 Å². The molecule has 98 valence electrons. The highest BCUT2D eigenvalue weighted by molar-refractivity contribution is 5.79. The minimum atomic E-state index is 0.266. The average Bonchev–Trinajstić information content (AvgIpc) is 2.79. The minimum Gasteiger partial charge on any atom is -0.352 e. The van der Waals surface area contributed by atoms with Crippen molar-refractivity contribution in [3.8, 4) is 6.07 Å². The summed E-state index contributed by atoms with van der Waals surface area (Å²) in [4.78, 5) is 20.2. The van der Waals surface area contributed by atoms with E-state index in [0.717, 1.165) is 37.4 Å². The zero-order valence-electron chi connectivity index (χ0n) is 11.0. The summed E-state index contributed by atoms with van der Waals surface area (Å²) in [7, 11) is 0. The number of fused-ring (bicyclic) bond motifs is 1. The topological polar surface area (TPSA) is 60.2 Å². The van der Waals surface area contributed by atoms with Crippen LogP contribution < -0.4 is 4.90 Å². The van der Waals surface area contributed by atoms with Crippen molar-refractivity contribution in [3.05, 3.63) is 23.4 Å². The number of amides is 1. The lowest BCUT2D eigenvalue weighted by molar-refractivity contribution is -0.129. The Balaban J connectivity index is 1.87. The van der Waals surface area contributed by atoms with Gasteiger partial charge in [0.2, 0.25) is 5.91 Å². The van der Waals surface area contributed by atoms with Gasteiger partial charge in [-0.05, 0) is 25.0 Å². The standard InChI is InChI=1S/C14H16N4O/c1-10-4-5-16-14(12(10)8-15)17-6-7-18-11(9-17)2-3-13(18)19/h4-5,11H,2-3,6-7,9H2,1H3. The number of anilines is 1. The molecule has 1 aromatic heterocycles. The fraction of sp³-hybridized carbons (Fsp3) is 0.500. The van der Waals surface area contributed by atoms with Crippen LogP contribution in [-0.2, 0) is 4.79 Å². The van der Waals surface area contributed by atoms with Crippen LogP contribution in [0.4, 0.5) is 5.82 Å². The van der Waals surface area contributed by atoms with Gasteiger partial charge in [-0.3, -0.25) is 4.79 Å². The quantitative estimate of drug-likeness (QED) is 0.754. The Morgan fingerprint density at radius 2 is 2.32 bits per heavy atom. The van der Waals surface area contributed by atoms with Gasteiger partial charge in [-0.25, -0.2) is 4.98 Å². The number of rotatable bonds is 1. The first kappa shape index (κ1) is 12.0. The largest absolute Gasteiger partial charge is 0.352 e. The van der Waals surface area contributed by atoms with E-state index in [4.69, 9.17) is 0 Å². The molecular weight excluding hydrogens is 240 g/mol. The molecule has 0 aliphatic carbocycles. The van der Waals surface area contributed by atoms with Gasteiger partial charge in [0.1, 0.15) is 11.9 Å². The van der Waals surface area contributed by atoms with Gasteiger partial charge >= 0.3 is 0 Å². The molecule has 3 rings (SSSR count). The predicted octanol–water partition coefficient (Wildman–Crippen LogP) is 1.07. The molecule has 2 aliphatic heterocycles. The molecule has 0 saturated carbocycles. The molecule has 5 nitrogen and oxygen atoms in total. The van der Waals surface area contributed by atoms with E-state index in [2.05, 4.69) is 16.0 Å². The third-order valence-electron chi connectivity index (χ3n) is 4.05. The third-order valence-corrected chi connectivity index (χ3v) is 4.05. The Kier molecular flexibility index (Phi) is 2.86. The Hall–Kier alpha value is -2.09. The predicted molar refractivity (Wildman–Crippen MR) is 70.6 cm³/mol. The number of aromatic nitrogens is 1. The Morgan fingerprint density at radius 1 is 1.47 bits per heavy atom. The maximum atomic E-state index is 11.7. The zero-order valence-corrected chi connectivity index (χ0v) is 11.0. The van der Waals surface area contributed by atoms with Gasteiger partial charge in [0.25, 0.3) is 0 Å². The van der Waals surface area contributed by atoms with Crippen molar-refractivity contribution >= 4 is 11.7 Å². The first-order valence-electron chi connectivity index (χ1n) is 6.61. The third kappa shape index (κ3) is 1.93. The van der Waals surface area contributed by atoms with Crippen LogP contribution in [0.1, 0.15) is 24.0 Å². The van der Waals surface area contributed by atoms with Gasteiger partial charge in [0.05, 0.1) is 5.56 Å². The van der Waals surface area contributed by atoms with Crippen molar-refractivity contribution in [2.75, 3.05) is 24.5 Å². The number of hydrogen-bond donors (Lipinski definition) is 0. The molecule has 0 bridgehead atoms. The van der Waals surface area contributed by atoms with Crippen LogP contribution in [0.15, 0.2) is 12.3 Å². The first-order valence-corrected chi connectivity index (χ1v) is 6.61. The van der Waals surface area contributed by atoms with Gasteiger partial charge in [-0.2, -0.15) is 5.26 Å². The lowest BCUT2D eigenvalue weighted by atomic mass is 10.1. The number of hydrogen-bond acceptors (Lipinski definition) is 4. The van der Waals surface area contributed by atoms with E-state index in [1.807, 2.05) is 17.9 Å². The van der Waals surface area contributed by atoms with Crippen LogP contribution in [0.2, 0.25) is 0 Å². The molecule has 1 aromatic rings. The molecule has 2 fully saturated rings. The zero-order chi connectivity index (χ0) is 13.4. The molecule has 0 N–H and O–H groups in total. The number of carbonyl (C=O) groups is 1. The fourth-order valence-electron chi connectivity index (χ4n) is 2.98. The number of piperazine rings is 1. The number of aryl methyl sites for hydroxylation is 1. The lowest BCUT2D eigenvalue weighted by Crippen LogP contribution is -2.52. The summed E-state index contributed by atoms with van der Waals surface area (Å²) >= 11 is 0. The number of pyridine rings is 1. The van der Waals surface area contributed by atoms with Crippen molar-refractivity contribution < 1.29 is 4.79 Å². The SMILES string of the molecule is Cc1ccnc(N2CCN3C(=O)CCC3C2)c1C#N. The molecule has 19 heavy (non-hydrogen) atoms. The maximum absolute atomic E-state index is 11.7. The minimum absolute atomic E-state index is 0.266. The second-order valence-electron chi connectivity index (χ2n) is 5.16. The summed E-state index contributed by atoms with van der Waals surface area (Å²) in [6.07, 6.45) is 3.32. The molecule has 0 radical (unpaired) electrons. The molecule has 5 heteroatoms. The van der Waals surface area contributed by atoms with E-state index in [1.54, 1.807) is 6.20 Å². The smallest absolute Gasteiger partial charge is 0.223 e. The summed E-state index contributed by atoms with van der Waals surface area (Å²) in [5.41, 5.74) is 1.61. The summed E-state index contributed by atoms with van der Waals surface area (Å²) in [6, 6.07) is 4.39. The molecule has 0 aromatic carbocycles. The second kappa shape index (κ2) is 4.54. The number of nitrogens with zero attached hydrogens (tertiary/aromatic N) is 4. The Morgan fingerprint density at radius 3 is 3.11 bits per heavy atom. The summed E-state index contributed by atoms with van der Waals surface area (Å²) in [6.45, 7) is 4.22. The normalized spacial score (nSPS) is 22.3. The van der Waals surface area contributed by atoms with Crippen LogP contribution in [0.5, 0.6) is 0 Å². The van der Waals surface area contributed by atoms with Crippen molar-refractivity contribution in [3.63, 3.8) is 0 Å². The van der Waals surface area contributed by atoms with Crippen LogP contribution in [0.3, 0.4) is 0 Å². The maximum Gasteiger partial charge on any atom is 0.223 e. The second-order valence-corrected chi connectivity index (χ2v) is 5.16. The molecule has 0 spiro atoms. The van der Waals surface area contributed by atoms with Crippen LogP contribution in [-0.4, -0.2) is 41.5 Å². The van der Waals surface area contributed by atoms with E-state index >= 15 is 0 Å². The highest BCUT2D eigenvalue weighted by atomic mass is 16.2. The number of carbonyl (C=O) groups excluding carboxylic acids is 1. The summed E-state index contributed by atoms with van der Waals surface area (Å²) < 4.78 is 0. The highest BCUT2D eigenvalue weighted by Gasteiger charge is 2.36. The molecule has 1 amide bonds. The molecular formula is C14H16N4O. The van der Waals surface area contributed by atoms with Gasteiger partial charge in [0, 0.05) is 38.3 Å². The fourth-order valence-corrected chi connectivity index (χ4v) is 2.98. The monoisotopic (exact) mass is 256 g/mol. The van der Waals surface area contributed by atoms with Crippen LogP contribution >= 0.6 is 0 Å². The summed E-state index contributed by atoms with van der Waals surface area (Å²) in [5, 5.41) is 9.28. The van der Waals surface area contributed by atoms with Gasteiger partial charge < -0.3 is 9.80 Å². The van der Waals surface area contributed by atoms with Crippen molar-refractivity contribution in [1.82, 2.24) is 9.88 Å². The summed E-state index contributed by atoms with van der Waals surface area (Å²) in [5.74, 6) is 1.03. The molecule has 2 saturated heterocycles. The molecule has 2 aliphatic rings. The van der Waals surface area contributed by atoms with Crippen LogP contribution in [0.25, 0.3) is 0 Å². The average molecular weight is 256 g/mol. The Bertz CT molecular complexity index is 563. The van der Waals surface area contributed by atoms with E-state index < -0.39 is 0 Å². The van der Waals surface area contributed by atoms with E-state index in [9.17, 15) is 10.1 Å². The Labute approximate surface area is 112 Å². The van der Waals surface area contributed by atoms with E-state index in [-0.39, 0.29) is 11.9 Å². The molecule has 3 heterocycles. The molecule has 1 atom stereocenters. The first-order chi connectivity index (χ1) is 9.20. The van der Waals surface area contributed by atoms with Crippen molar-refractivity contribution in [2.45, 2.75) is 25.8 Å². The lowest BCUT2D eigenvalue weighted by Gasteiger charge is -2.38. The van der Waals surface area contributed by atoms with Crippen molar-refractivity contribution in [2.24, 2.45) is 0 Å². The van der Waals surface area contributed by atoms with E-state index in [0.29, 0.717) is 12.0 Å². The highest BCUT2D eigenvalue weighted by Crippen LogP contribution is 2.27. The molecule has 1 unspecified atom stereocenters.